The predicted molar refractivity (Wildman–Crippen MR) is 56.8 cm³/mol. The minimum absolute atomic E-state index is 0.0218. The lowest BCUT2D eigenvalue weighted by Gasteiger charge is -2.17. The lowest BCUT2D eigenvalue weighted by atomic mass is 10.4. The summed E-state index contributed by atoms with van der Waals surface area (Å²) in [5.41, 5.74) is 0. The highest BCUT2D eigenvalue weighted by Crippen LogP contribution is 1.96. The van der Waals surface area contributed by atoms with Crippen molar-refractivity contribution in [2.45, 2.75) is 19.9 Å². The minimum Gasteiger partial charge on any atom is -0.395 e. The van der Waals surface area contributed by atoms with Crippen LogP contribution in [0, 0.1) is 0 Å². The molecule has 0 spiro atoms. The summed E-state index contributed by atoms with van der Waals surface area (Å²) in [6.45, 7) is 2.92. The van der Waals surface area contributed by atoms with Gasteiger partial charge < -0.3 is 10.4 Å². The van der Waals surface area contributed by atoms with Gasteiger partial charge in [-0.3, -0.25) is 4.79 Å². The smallest absolute Gasteiger partial charge is 0.235 e. The lowest BCUT2D eigenvalue weighted by Crippen LogP contribution is -2.41. The molecule has 0 aromatic heterocycles. The van der Waals surface area contributed by atoms with E-state index < -0.39 is 16.6 Å². The van der Waals surface area contributed by atoms with E-state index in [9.17, 15) is 13.2 Å². The Hall–Kier alpha value is -0.660. The first kappa shape index (κ1) is 14.3. The highest BCUT2D eigenvalue weighted by atomic mass is 32.2. The Balaban J connectivity index is 4.24. The van der Waals surface area contributed by atoms with Crippen LogP contribution in [0.5, 0.6) is 0 Å². The highest BCUT2D eigenvalue weighted by molar-refractivity contribution is 7.89. The number of sulfonamides is 1. The molecular weight excluding hydrogens is 220 g/mol. The van der Waals surface area contributed by atoms with Gasteiger partial charge in [0.2, 0.25) is 15.9 Å². The van der Waals surface area contributed by atoms with Crippen molar-refractivity contribution >= 4 is 15.9 Å². The molecule has 0 unspecified atom stereocenters. The van der Waals surface area contributed by atoms with E-state index in [1.807, 2.05) is 0 Å². The van der Waals surface area contributed by atoms with Gasteiger partial charge in [0.05, 0.1) is 18.9 Å². The maximum Gasteiger partial charge on any atom is 0.235 e. The number of hydrogen-bond donors (Lipinski definition) is 2. The largest absolute Gasteiger partial charge is 0.395 e. The van der Waals surface area contributed by atoms with Crippen LogP contribution in [0.3, 0.4) is 0 Å². The first-order valence-corrected chi connectivity index (χ1v) is 6.24. The van der Waals surface area contributed by atoms with E-state index in [4.69, 9.17) is 5.11 Å². The number of carbonyl (C=O) groups excluding carboxylic acids is 1. The van der Waals surface area contributed by atoms with Crippen LogP contribution in [0.2, 0.25) is 0 Å². The van der Waals surface area contributed by atoms with Gasteiger partial charge in [-0.25, -0.2) is 8.42 Å². The molecule has 0 aliphatic carbocycles. The van der Waals surface area contributed by atoms with Gasteiger partial charge in [-0.1, -0.05) is 0 Å². The van der Waals surface area contributed by atoms with Crippen LogP contribution in [-0.4, -0.2) is 55.7 Å². The Kier molecular flexibility index (Phi) is 5.77. The van der Waals surface area contributed by atoms with Crippen molar-refractivity contribution in [3.63, 3.8) is 0 Å². The molecule has 90 valence electrons. The number of nitrogens with one attached hydrogen (secondary N) is 1. The number of carbonyl (C=O) groups is 1. The molecule has 0 aromatic rings. The summed E-state index contributed by atoms with van der Waals surface area (Å²) in [5.74, 6) is -0.715. The molecule has 15 heavy (non-hydrogen) atoms. The maximum atomic E-state index is 11.3. The summed E-state index contributed by atoms with van der Waals surface area (Å²) in [6.07, 6.45) is 0. The first-order chi connectivity index (χ1) is 6.79. The molecule has 0 aliphatic rings. The fourth-order valence-corrected chi connectivity index (χ4v) is 1.80. The van der Waals surface area contributed by atoms with E-state index in [1.54, 1.807) is 13.8 Å². The Bertz CT molecular complexity index is 300. The minimum atomic E-state index is -3.52. The molecule has 0 saturated heterocycles. The monoisotopic (exact) mass is 238 g/mol. The lowest BCUT2D eigenvalue weighted by molar-refractivity contribution is -0.121. The van der Waals surface area contributed by atoms with Crippen LogP contribution in [0.4, 0.5) is 0 Å². The van der Waals surface area contributed by atoms with Crippen LogP contribution in [0.25, 0.3) is 0 Å². The quantitative estimate of drug-likeness (QED) is 0.606. The normalized spacial score (nSPS) is 12.1. The van der Waals surface area contributed by atoms with Gasteiger partial charge in [0.25, 0.3) is 0 Å². The number of hydrogen-bond acceptors (Lipinski definition) is 4. The van der Waals surface area contributed by atoms with Gasteiger partial charge in [-0.2, -0.15) is 4.31 Å². The first-order valence-electron chi connectivity index (χ1n) is 4.64. The molecule has 0 rings (SSSR count). The summed E-state index contributed by atoms with van der Waals surface area (Å²) < 4.78 is 23.6. The molecular formula is C8H18N2O4S. The Morgan fingerprint density at radius 1 is 1.47 bits per heavy atom. The van der Waals surface area contributed by atoms with Crippen molar-refractivity contribution in [2.75, 3.05) is 26.0 Å². The topological polar surface area (TPSA) is 86.7 Å². The van der Waals surface area contributed by atoms with E-state index in [2.05, 4.69) is 5.32 Å². The Morgan fingerprint density at radius 2 is 2.00 bits per heavy atom. The van der Waals surface area contributed by atoms with E-state index in [1.165, 1.54) is 7.05 Å². The number of aliphatic hydroxyl groups excluding tert-OH is 1. The summed E-state index contributed by atoms with van der Waals surface area (Å²) in [4.78, 5) is 11.2. The van der Waals surface area contributed by atoms with Gasteiger partial charge in [0.15, 0.2) is 0 Å². The number of rotatable bonds is 6. The fraction of sp³-hybridized carbons (Fsp3) is 0.875. The zero-order chi connectivity index (χ0) is 12.1. The van der Waals surface area contributed by atoms with E-state index in [-0.39, 0.29) is 24.2 Å². The Morgan fingerprint density at radius 3 is 2.40 bits per heavy atom. The van der Waals surface area contributed by atoms with Crippen molar-refractivity contribution in [2.24, 2.45) is 0 Å². The van der Waals surface area contributed by atoms with E-state index >= 15 is 0 Å². The van der Waals surface area contributed by atoms with Gasteiger partial charge in [-0.05, 0) is 13.8 Å². The molecule has 0 fully saturated rings. The fourth-order valence-electron chi connectivity index (χ4n) is 0.939. The molecule has 7 heteroatoms. The Labute approximate surface area is 90.3 Å². The molecule has 0 heterocycles. The molecule has 0 radical (unpaired) electrons. The van der Waals surface area contributed by atoms with Crippen molar-refractivity contribution < 1.29 is 18.3 Å². The van der Waals surface area contributed by atoms with Gasteiger partial charge in [0, 0.05) is 13.1 Å². The van der Waals surface area contributed by atoms with Crippen LogP contribution in [0.1, 0.15) is 13.8 Å². The number of aliphatic hydroxyl groups is 1. The molecule has 0 aliphatic heterocycles. The molecule has 0 saturated carbocycles. The molecule has 1 amide bonds. The molecule has 0 bridgehead atoms. The summed E-state index contributed by atoms with van der Waals surface area (Å²) >= 11 is 0. The van der Waals surface area contributed by atoms with Crippen molar-refractivity contribution in [1.82, 2.24) is 9.62 Å². The molecule has 2 N–H and O–H groups in total. The van der Waals surface area contributed by atoms with Gasteiger partial charge in [0.1, 0.15) is 0 Å². The van der Waals surface area contributed by atoms with Crippen LogP contribution in [-0.2, 0) is 14.8 Å². The second-order valence-corrected chi connectivity index (χ2v) is 5.71. The average Bonchev–Trinajstić information content (AvgIpc) is 2.01. The maximum absolute atomic E-state index is 11.3. The number of amides is 1. The number of nitrogens with zero attached hydrogens (tertiary/aromatic N) is 1. The van der Waals surface area contributed by atoms with Crippen molar-refractivity contribution in [1.29, 1.82) is 0 Å². The SMILES string of the molecule is CC(C)NC(=O)CN(C)S(=O)(=O)CCO. The molecule has 0 aromatic carbocycles. The summed E-state index contributed by atoms with van der Waals surface area (Å²) in [6, 6.07) is -0.0218. The standard InChI is InChI=1S/C8H18N2O4S/c1-7(2)9-8(12)6-10(3)15(13,14)5-4-11/h7,11H,4-6H2,1-3H3,(H,9,12). The molecule has 6 nitrogen and oxygen atoms in total. The second kappa shape index (κ2) is 6.04. The van der Waals surface area contributed by atoms with Crippen LogP contribution < -0.4 is 5.32 Å². The van der Waals surface area contributed by atoms with Crippen molar-refractivity contribution in [3.8, 4) is 0 Å². The van der Waals surface area contributed by atoms with E-state index in [0.717, 1.165) is 4.31 Å². The van der Waals surface area contributed by atoms with Gasteiger partial charge in [-0.15, -0.1) is 0 Å². The zero-order valence-electron chi connectivity index (χ0n) is 9.23. The van der Waals surface area contributed by atoms with Crippen LogP contribution >= 0.6 is 0 Å². The highest BCUT2D eigenvalue weighted by Gasteiger charge is 2.19. The third-order valence-corrected chi connectivity index (χ3v) is 3.42. The number of likely N-dealkylation sites (N-methyl/N-ethyl adjacent to an activating group) is 1. The average molecular weight is 238 g/mol. The van der Waals surface area contributed by atoms with Crippen molar-refractivity contribution in [3.05, 3.63) is 0 Å². The summed E-state index contributed by atoms with van der Waals surface area (Å²) in [5, 5.41) is 11.1. The second-order valence-electron chi connectivity index (χ2n) is 3.52. The van der Waals surface area contributed by atoms with E-state index in [0.29, 0.717) is 0 Å². The predicted octanol–water partition coefficient (Wildman–Crippen LogP) is -1.24. The summed E-state index contributed by atoms with van der Waals surface area (Å²) in [7, 11) is -2.21. The molecule has 0 atom stereocenters. The van der Waals surface area contributed by atoms with Gasteiger partial charge >= 0.3 is 0 Å². The van der Waals surface area contributed by atoms with Crippen LogP contribution in [0.15, 0.2) is 0 Å². The zero-order valence-corrected chi connectivity index (χ0v) is 10.0. The third-order valence-electron chi connectivity index (χ3n) is 1.64. The third kappa shape index (κ3) is 5.71.